The lowest BCUT2D eigenvalue weighted by Crippen LogP contribution is -2.28. The molecule has 1 aliphatic rings. The minimum atomic E-state index is -5.67. The highest BCUT2D eigenvalue weighted by molar-refractivity contribution is 8.32. The van der Waals surface area contributed by atoms with Gasteiger partial charge in [0.25, 0.3) is 0 Å². The molecule has 0 aliphatic carbocycles. The van der Waals surface area contributed by atoms with Crippen molar-refractivity contribution in [3.8, 4) is 5.75 Å². The summed E-state index contributed by atoms with van der Waals surface area (Å²) in [6.07, 6.45) is 1.21. The van der Waals surface area contributed by atoms with Crippen LogP contribution < -0.4 is 0 Å². The lowest BCUT2D eigenvalue weighted by Gasteiger charge is -2.34. The van der Waals surface area contributed by atoms with Crippen LogP contribution in [0.3, 0.4) is 0 Å². The van der Waals surface area contributed by atoms with Crippen LogP contribution >= 0.6 is 10.3 Å². The minimum Gasteiger partial charge on any atom is -0.508 e. The van der Waals surface area contributed by atoms with Gasteiger partial charge in [-0.05, 0) is 29.7 Å². The maximum atomic E-state index is 12.8. The van der Waals surface area contributed by atoms with E-state index in [4.69, 9.17) is 3.63 Å². The lowest BCUT2D eigenvalue weighted by atomic mass is 10.0. The van der Waals surface area contributed by atoms with Crippen LogP contribution in [0.4, 0.5) is 13.2 Å². The van der Waals surface area contributed by atoms with E-state index in [-0.39, 0.29) is 23.0 Å². The zero-order valence-corrected chi connectivity index (χ0v) is 14.8. The first-order valence-corrected chi connectivity index (χ1v) is 11.1. The van der Waals surface area contributed by atoms with Crippen LogP contribution in [0, 0.1) is 0 Å². The number of hydrogen-bond donors (Lipinski definition) is 1. The average Bonchev–Trinajstić information content (AvgIpc) is 2.97. The van der Waals surface area contributed by atoms with Gasteiger partial charge in [0.2, 0.25) is 0 Å². The quantitative estimate of drug-likeness (QED) is 0.780. The lowest BCUT2D eigenvalue weighted by molar-refractivity contribution is -0.0496. The van der Waals surface area contributed by atoms with Gasteiger partial charge in [0.1, 0.15) is 5.75 Å². The fraction of sp³-hybridized carbons (Fsp3) is 0.375. The van der Waals surface area contributed by atoms with Crippen molar-refractivity contribution in [1.29, 1.82) is 0 Å². The van der Waals surface area contributed by atoms with Crippen LogP contribution in [-0.2, 0) is 19.5 Å². The summed E-state index contributed by atoms with van der Waals surface area (Å²) in [6.45, 7) is 0. The standard InChI is InChI=1S/C16H17F3O4S2/c17-16(18,19)25(21,22)23-24(9-3-4-10-24)11-14-13-6-2-1-5-12(13)7-8-15(14)20/h1-2,5-8,20H,3-4,9-11H2. The number of benzene rings is 2. The molecule has 1 N–H and O–H groups in total. The zero-order chi connectivity index (χ0) is 18.3. The van der Waals surface area contributed by atoms with Gasteiger partial charge in [0.15, 0.2) is 0 Å². The summed E-state index contributed by atoms with van der Waals surface area (Å²) >= 11 is 0. The molecule has 1 fully saturated rings. The van der Waals surface area contributed by atoms with E-state index in [1.54, 1.807) is 18.2 Å². The van der Waals surface area contributed by atoms with E-state index < -0.39 is 25.9 Å². The maximum Gasteiger partial charge on any atom is 0.523 e. The van der Waals surface area contributed by atoms with Crippen molar-refractivity contribution in [2.24, 2.45) is 0 Å². The fourth-order valence-corrected chi connectivity index (χ4v) is 8.38. The number of phenols is 1. The van der Waals surface area contributed by atoms with Crippen molar-refractivity contribution in [1.82, 2.24) is 0 Å². The summed E-state index contributed by atoms with van der Waals surface area (Å²) in [6, 6.07) is 10.3. The van der Waals surface area contributed by atoms with Gasteiger partial charge < -0.3 is 5.11 Å². The Hall–Kier alpha value is -1.45. The molecule has 9 heteroatoms. The smallest absolute Gasteiger partial charge is 0.508 e. The minimum absolute atomic E-state index is 0.0184. The Kier molecular flexibility index (Phi) is 4.67. The molecule has 3 rings (SSSR count). The van der Waals surface area contributed by atoms with E-state index in [1.807, 2.05) is 12.1 Å². The maximum absolute atomic E-state index is 12.8. The summed E-state index contributed by atoms with van der Waals surface area (Å²) < 4.78 is 66.2. The molecule has 1 heterocycles. The predicted octanol–water partition coefficient (Wildman–Crippen LogP) is 4.43. The second-order valence-electron chi connectivity index (χ2n) is 5.98. The Morgan fingerprint density at radius 2 is 1.72 bits per heavy atom. The van der Waals surface area contributed by atoms with Crippen molar-refractivity contribution >= 4 is 31.2 Å². The van der Waals surface area contributed by atoms with Gasteiger partial charge in [-0.15, -0.1) is 10.3 Å². The van der Waals surface area contributed by atoms with Crippen LogP contribution in [-0.4, -0.2) is 30.5 Å². The summed E-state index contributed by atoms with van der Waals surface area (Å²) in [5, 5.41) is 11.7. The topological polar surface area (TPSA) is 63.6 Å². The second kappa shape index (κ2) is 6.37. The average molecular weight is 394 g/mol. The van der Waals surface area contributed by atoms with Crippen molar-refractivity contribution < 1.29 is 30.3 Å². The molecule has 0 radical (unpaired) electrons. The fourth-order valence-electron chi connectivity index (χ4n) is 3.04. The van der Waals surface area contributed by atoms with Crippen LogP contribution in [0.1, 0.15) is 18.4 Å². The molecule has 25 heavy (non-hydrogen) atoms. The Bertz CT molecular complexity index is 888. The monoisotopic (exact) mass is 394 g/mol. The van der Waals surface area contributed by atoms with Crippen LogP contribution in [0.5, 0.6) is 5.75 Å². The predicted molar refractivity (Wildman–Crippen MR) is 91.9 cm³/mol. The zero-order valence-electron chi connectivity index (χ0n) is 13.1. The molecular weight excluding hydrogens is 377 g/mol. The Labute approximate surface area is 145 Å². The molecule has 0 bridgehead atoms. The molecule has 0 unspecified atom stereocenters. The Balaban J connectivity index is 2.03. The van der Waals surface area contributed by atoms with Gasteiger partial charge in [-0.1, -0.05) is 30.3 Å². The first-order chi connectivity index (χ1) is 11.6. The molecule has 2 aromatic rings. The van der Waals surface area contributed by atoms with E-state index in [9.17, 15) is 26.7 Å². The Morgan fingerprint density at radius 3 is 2.36 bits per heavy atom. The van der Waals surface area contributed by atoms with Gasteiger partial charge in [-0.25, -0.2) is 3.63 Å². The molecule has 0 spiro atoms. The molecule has 138 valence electrons. The summed E-state index contributed by atoms with van der Waals surface area (Å²) in [7, 11) is -8.21. The molecule has 0 atom stereocenters. The van der Waals surface area contributed by atoms with Crippen LogP contribution in [0.2, 0.25) is 0 Å². The van der Waals surface area contributed by atoms with Crippen molar-refractivity contribution in [2.75, 3.05) is 11.5 Å². The van der Waals surface area contributed by atoms with E-state index in [1.165, 1.54) is 6.07 Å². The number of aromatic hydroxyl groups is 1. The van der Waals surface area contributed by atoms with E-state index in [2.05, 4.69) is 0 Å². The largest absolute Gasteiger partial charge is 0.523 e. The Morgan fingerprint density at radius 1 is 1.08 bits per heavy atom. The highest BCUT2D eigenvalue weighted by Gasteiger charge is 2.51. The van der Waals surface area contributed by atoms with Crippen LogP contribution in [0.15, 0.2) is 36.4 Å². The third-order valence-corrected chi connectivity index (χ3v) is 9.54. The number of phenolic OH excluding ortho intramolecular Hbond substituents is 1. The van der Waals surface area contributed by atoms with E-state index >= 15 is 0 Å². The van der Waals surface area contributed by atoms with Gasteiger partial charge in [-0.3, -0.25) is 0 Å². The van der Waals surface area contributed by atoms with Crippen molar-refractivity contribution in [3.05, 3.63) is 42.0 Å². The van der Waals surface area contributed by atoms with Crippen molar-refractivity contribution in [3.63, 3.8) is 0 Å². The van der Waals surface area contributed by atoms with Gasteiger partial charge in [-0.2, -0.15) is 21.6 Å². The normalized spacial score (nSPS) is 19.2. The first kappa shape index (κ1) is 18.3. The molecule has 2 aromatic carbocycles. The molecule has 0 aromatic heterocycles. The SMILES string of the molecule is O=S(=O)(OS1(Cc2c(O)ccc3ccccc23)CCCC1)C(F)(F)F. The van der Waals surface area contributed by atoms with E-state index in [0.29, 0.717) is 23.8 Å². The number of halogens is 3. The summed E-state index contributed by atoms with van der Waals surface area (Å²) in [5.74, 6) is 0.455. The highest BCUT2D eigenvalue weighted by atomic mass is 32.3. The van der Waals surface area contributed by atoms with Gasteiger partial charge >= 0.3 is 15.6 Å². The number of fused-ring (bicyclic) bond motifs is 1. The highest BCUT2D eigenvalue weighted by Crippen LogP contribution is 2.60. The second-order valence-corrected chi connectivity index (χ2v) is 10.9. The first-order valence-electron chi connectivity index (χ1n) is 7.62. The summed E-state index contributed by atoms with van der Waals surface area (Å²) in [5.41, 5.74) is -5.01. The molecule has 0 saturated carbocycles. The summed E-state index contributed by atoms with van der Waals surface area (Å²) in [4.78, 5) is 0. The third-order valence-electron chi connectivity index (χ3n) is 4.22. The number of rotatable bonds is 4. The number of alkyl halides is 3. The van der Waals surface area contributed by atoms with Crippen LogP contribution in [0.25, 0.3) is 10.8 Å². The van der Waals surface area contributed by atoms with E-state index in [0.717, 1.165) is 5.39 Å². The molecule has 1 aliphatic heterocycles. The van der Waals surface area contributed by atoms with Gasteiger partial charge in [0.05, 0.1) is 0 Å². The third kappa shape index (κ3) is 3.58. The molecule has 1 saturated heterocycles. The van der Waals surface area contributed by atoms with Gasteiger partial charge in [0, 0.05) is 22.8 Å². The molecular formula is C16H17F3O4S2. The van der Waals surface area contributed by atoms with Crippen molar-refractivity contribution in [2.45, 2.75) is 24.1 Å². The molecule has 0 amide bonds. The number of hydrogen-bond acceptors (Lipinski definition) is 4. The molecule has 4 nitrogen and oxygen atoms in total.